The zero-order chi connectivity index (χ0) is 21.4. The van der Waals surface area contributed by atoms with Crippen LogP contribution in [-0.2, 0) is 35.4 Å². The molecule has 0 saturated carbocycles. The molecule has 0 N–H and O–H groups in total. The summed E-state index contributed by atoms with van der Waals surface area (Å²) in [7, 11) is 0. The van der Waals surface area contributed by atoms with Crippen molar-refractivity contribution in [3.05, 3.63) is 75.6 Å². The SMILES string of the molecule is [C-]#[N+]c1ccc2c(c1)CC(N1CCN(CCc3ccc4c(c3)COC4=O)CC1=O)CC2. The first-order chi connectivity index (χ1) is 15.1. The van der Waals surface area contributed by atoms with E-state index >= 15 is 0 Å². The van der Waals surface area contributed by atoms with Crippen LogP contribution in [0.3, 0.4) is 0 Å². The fraction of sp³-hybridized carbons (Fsp3) is 0.400. The number of ether oxygens (including phenoxy) is 1. The third-order valence-electron chi connectivity index (χ3n) is 6.76. The summed E-state index contributed by atoms with van der Waals surface area (Å²) < 4.78 is 5.08. The van der Waals surface area contributed by atoms with Gasteiger partial charge in [0, 0.05) is 31.2 Å². The monoisotopic (exact) mass is 415 g/mol. The quantitative estimate of drug-likeness (QED) is 0.569. The molecular formula is C25H25N3O3. The number of aryl methyl sites for hydroxylation is 1. The van der Waals surface area contributed by atoms with Crippen LogP contribution in [0.4, 0.5) is 5.69 Å². The topological polar surface area (TPSA) is 54.2 Å². The zero-order valence-electron chi connectivity index (χ0n) is 17.5. The van der Waals surface area contributed by atoms with Crippen molar-refractivity contribution in [2.75, 3.05) is 26.2 Å². The van der Waals surface area contributed by atoms with Crippen molar-refractivity contribution in [3.8, 4) is 0 Å². The minimum atomic E-state index is -0.237. The van der Waals surface area contributed by atoms with Crippen LogP contribution >= 0.6 is 0 Å². The summed E-state index contributed by atoms with van der Waals surface area (Å²) in [6.45, 7) is 10.5. The van der Waals surface area contributed by atoms with E-state index in [1.807, 2.05) is 24.3 Å². The van der Waals surface area contributed by atoms with Gasteiger partial charge >= 0.3 is 5.97 Å². The van der Waals surface area contributed by atoms with Gasteiger partial charge in [0.25, 0.3) is 0 Å². The summed E-state index contributed by atoms with van der Waals surface area (Å²) in [5, 5.41) is 0. The molecule has 3 aliphatic rings. The summed E-state index contributed by atoms with van der Waals surface area (Å²) in [5.74, 6) is -0.0344. The molecule has 2 heterocycles. The molecule has 0 radical (unpaired) electrons. The molecule has 6 heteroatoms. The number of esters is 1. The zero-order valence-corrected chi connectivity index (χ0v) is 17.5. The van der Waals surface area contributed by atoms with Crippen molar-refractivity contribution in [2.45, 2.75) is 38.3 Å². The maximum Gasteiger partial charge on any atom is 0.338 e. The van der Waals surface area contributed by atoms with E-state index in [0.29, 0.717) is 24.4 Å². The summed E-state index contributed by atoms with van der Waals surface area (Å²) in [5.41, 5.74) is 6.02. The predicted molar refractivity (Wildman–Crippen MR) is 116 cm³/mol. The molecule has 1 amide bonds. The number of fused-ring (bicyclic) bond motifs is 2. The molecule has 0 aromatic heterocycles. The fourth-order valence-electron chi connectivity index (χ4n) is 5.00. The normalized spacial score (nSPS) is 20.7. The number of nitrogens with zero attached hydrogens (tertiary/aromatic N) is 3. The van der Waals surface area contributed by atoms with E-state index in [1.165, 1.54) is 16.7 Å². The van der Waals surface area contributed by atoms with Gasteiger partial charge in [0.1, 0.15) is 6.61 Å². The second-order valence-corrected chi connectivity index (χ2v) is 8.64. The molecule has 1 unspecified atom stereocenters. The van der Waals surface area contributed by atoms with Gasteiger partial charge in [-0.15, -0.1) is 0 Å². The van der Waals surface area contributed by atoms with Crippen LogP contribution < -0.4 is 0 Å². The molecular weight excluding hydrogens is 390 g/mol. The van der Waals surface area contributed by atoms with Crippen molar-refractivity contribution < 1.29 is 14.3 Å². The van der Waals surface area contributed by atoms with Gasteiger partial charge in [-0.1, -0.05) is 35.9 Å². The number of amides is 1. The molecule has 6 nitrogen and oxygen atoms in total. The van der Waals surface area contributed by atoms with Gasteiger partial charge in [-0.3, -0.25) is 9.69 Å². The lowest BCUT2D eigenvalue weighted by Crippen LogP contribution is -2.55. The van der Waals surface area contributed by atoms with Crippen LogP contribution in [0.5, 0.6) is 0 Å². The maximum atomic E-state index is 12.9. The first-order valence-electron chi connectivity index (χ1n) is 10.9. The van der Waals surface area contributed by atoms with Crippen LogP contribution in [0.15, 0.2) is 36.4 Å². The van der Waals surface area contributed by atoms with Crippen LogP contribution in [0.2, 0.25) is 0 Å². The highest BCUT2D eigenvalue weighted by Crippen LogP contribution is 2.29. The summed E-state index contributed by atoms with van der Waals surface area (Å²) >= 11 is 0. The summed E-state index contributed by atoms with van der Waals surface area (Å²) in [6, 6.07) is 12.1. The Labute approximate surface area is 182 Å². The van der Waals surface area contributed by atoms with Crippen LogP contribution in [0, 0.1) is 6.57 Å². The maximum absolute atomic E-state index is 12.9. The Morgan fingerprint density at radius 3 is 2.81 bits per heavy atom. The van der Waals surface area contributed by atoms with E-state index in [-0.39, 0.29) is 17.9 Å². The van der Waals surface area contributed by atoms with Crippen molar-refractivity contribution >= 4 is 17.6 Å². The van der Waals surface area contributed by atoms with E-state index in [1.54, 1.807) is 0 Å². The molecule has 1 fully saturated rings. The standard InChI is InChI=1S/C25H25N3O3/c1-26-21-5-3-18-4-6-22(14-19(18)13-21)28-11-10-27(15-24(28)29)9-8-17-2-7-23-20(12-17)16-31-25(23)30/h2-3,5,7,12-13,22H,4,6,8-11,14-16H2. The highest BCUT2D eigenvalue weighted by Gasteiger charge is 2.31. The third-order valence-corrected chi connectivity index (χ3v) is 6.76. The van der Waals surface area contributed by atoms with E-state index in [9.17, 15) is 9.59 Å². The van der Waals surface area contributed by atoms with Crippen molar-refractivity contribution in [1.82, 2.24) is 9.80 Å². The Morgan fingerprint density at radius 2 is 1.97 bits per heavy atom. The highest BCUT2D eigenvalue weighted by molar-refractivity contribution is 5.93. The molecule has 2 aromatic carbocycles. The van der Waals surface area contributed by atoms with E-state index in [0.717, 1.165) is 50.9 Å². The Morgan fingerprint density at radius 1 is 1.06 bits per heavy atom. The minimum Gasteiger partial charge on any atom is -0.457 e. The first kappa shape index (κ1) is 19.8. The second-order valence-electron chi connectivity index (χ2n) is 8.64. The number of benzene rings is 2. The highest BCUT2D eigenvalue weighted by atomic mass is 16.5. The van der Waals surface area contributed by atoms with Gasteiger partial charge < -0.3 is 9.64 Å². The van der Waals surface area contributed by atoms with E-state index in [4.69, 9.17) is 11.3 Å². The molecule has 1 atom stereocenters. The average Bonchev–Trinajstić information content (AvgIpc) is 3.17. The molecule has 1 aliphatic carbocycles. The molecule has 5 rings (SSSR count). The number of piperazine rings is 1. The fourth-order valence-corrected chi connectivity index (χ4v) is 5.00. The Hall–Kier alpha value is -3.17. The molecule has 0 bridgehead atoms. The Kier molecular flexibility index (Phi) is 5.21. The van der Waals surface area contributed by atoms with Gasteiger partial charge in [0.05, 0.1) is 18.7 Å². The number of hydrogen-bond donors (Lipinski definition) is 0. The number of carbonyl (C=O) groups excluding carboxylic acids is 2. The largest absolute Gasteiger partial charge is 0.457 e. The predicted octanol–water partition coefficient (Wildman–Crippen LogP) is 3.15. The Balaban J connectivity index is 1.17. The lowest BCUT2D eigenvalue weighted by Gasteiger charge is -2.41. The molecule has 158 valence electrons. The lowest BCUT2D eigenvalue weighted by atomic mass is 9.87. The van der Waals surface area contributed by atoms with Gasteiger partial charge in [-0.25, -0.2) is 9.64 Å². The van der Waals surface area contributed by atoms with E-state index in [2.05, 4.69) is 26.8 Å². The molecule has 0 spiro atoms. The lowest BCUT2D eigenvalue weighted by molar-refractivity contribution is -0.138. The number of cyclic esters (lactones) is 1. The van der Waals surface area contributed by atoms with Gasteiger partial charge in [-0.05, 0) is 42.9 Å². The van der Waals surface area contributed by atoms with E-state index < -0.39 is 0 Å². The van der Waals surface area contributed by atoms with Crippen LogP contribution in [0.25, 0.3) is 4.85 Å². The molecule has 1 saturated heterocycles. The minimum absolute atomic E-state index is 0.203. The van der Waals surface area contributed by atoms with Crippen molar-refractivity contribution in [2.24, 2.45) is 0 Å². The number of rotatable bonds is 4. The van der Waals surface area contributed by atoms with Gasteiger partial charge in [0.15, 0.2) is 5.69 Å². The molecule has 31 heavy (non-hydrogen) atoms. The second kappa shape index (κ2) is 8.16. The van der Waals surface area contributed by atoms with Crippen molar-refractivity contribution in [1.29, 1.82) is 0 Å². The molecule has 2 aliphatic heterocycles. The van der Waals surface area contributed by atoms with Crippen LogP contribution in [0.1, 0.15) is 39.0 Å². The first-order valence-corrected chi connectivity index (χ1v) is 10.9. The number of hydrogen-bond acceptors (Lipinski definition) is 4. The van der Waals surface area contributed by atoms with Crippen molar-refractivity contribution in [3.63, 3.8) is 0 Å². The molecule has 2 aromatic rings. The smallest absolute Gasteiger partial charge is 0.338 e. The van der Waals surface area contributed by atoms with Crippen LogP contribution in [-0.4, -0.2) is 53.9 Å². The summed E-state index contributed by atoms with van der Waals surface area (Å²) in [6.07, 6.45) is 3.66. The number of carbonyl (C=O) groups is 2. The van der Waals surface area contributed by atoms with Gasteiger partial charge in [0.2, 0.25) is 5.91 Å². The third kappa shape index (κ3) is 3.94. The van der Waals surface area contributed by atoms with Gasteiger partial charge in [-0.2, -0.15) is 0 Å². The average molecular weight is 415 g/mol. The Bertz CT molecular complexity index is 1090. The summed E-state index contributed by atoms with van der Waals surface area (Å²) in [4.78, 5) is 32.3.